The summed E-state index contributed by atoms with van der Waals surface area (Å²) in [7, 11) is -1.75. The van der Waals surface area contributed by atoms with Crippen LogP contribution in [-0.4, -0.2) is 8.32 Å². The first-order valence-corrected chi connectivity index (χ1v) is 9.36. The summed E-state index contributed by atoms with van der Waals surface area (Å²) in [5, 5.41) is 9.64. The molecular formula is C13H18ClNOSi. The van der Waals surface area contributed by atoms with E-state index in [9.17, 15) is 0 Å². The third-order valence-corrected chi connectivity index (χ3v) is 5.15. The standard InChI is InChI=1S/C13H18ClNOSi/c1-4-5-8-17(2,3)16-13-9-12(14)7-6-11(13)10-15/h6-7,9H,4-5,8H2,1-3H3. The maximum Gasteiger partial charge on any atom is 0.245 e. The molecule has 0 aliphatic rings. The van der Waals surface area contributed by atoms with Gasteiger partial charge in [0.15, 0.2) is 0 Å². The summed E-state index contributed by atoms with van der Waals surface area (Å²) in [6.45, 7) is 6.51. The molecule has 0 bridgehead atoms. The molecule has 92 valence electrons. The number of hydrogen-bond acceptors (Lipinski definition) is 2. The molecule has 0 heterocycles. The highest BCUT2D eigenvalue weighted by Crippen LogP contribution is 2.27. The van der Waals surface area contributed by atoms with E-state index >= 15 is 0 Å². The highest BCUT2D eigenvalue weighted by Gasteiger charge is 2.24. The lowest BCUT2D eigenvalue weighted by atomic mass is 10.2. The Morgan fingerprint density at radius 1 is 1.41 bits per heavy atom. The van der Waals surface area contributed by atoms with Gasteiger partial charge < -0.3 is 4.43 Å². The fraction of sp³-hybridized carbons (Fsp3) is 0.462. The molecule has 1 rings (SSSR count). The molecular weight excluding hydrogens is 250 g/mol. The molecule has 0 radical (unpaired) electrons. The predicted octanol–water partition coefficient (Wildman–Crippen LogP) is 4.60. The minimum atomic E-state index is -1.75. The first-order chi connectivity index (χ1) is 7.98. The predicted molar refractivity (Wildman–Crippen MR) is 74.0 cm³/mol. The van der Waals surface area contributed by atoms with Gasteiger partial charge in [0, 0.05) is 5.02 Å². The molecule has 4 heteroatoms. The molecule has 1 aromatic rings. The summed E-state index contributed by atoms with van der Waals surface area (Å²) in [6.07, 6.45) is 2.34. The van der Waals surface area contributed by atoms with Crippen LogP contribution in [0, 0.1) is 11.3 Å². The maximum absolute atomic E-state index is 9.02. The molecule has 2 nitrogen and oxygen atoms in total. The van der Waals surface area contributed by atoms with Crippen molar-refractivity contribution in [3.8, 4) is 11.8 Å². The molecule has 0 unspecified atom stereocenters. The molecule has 0 N–H and O–H groups in total. The van der Waals surface area contributed by atoms with Crippen molar-refractivity contribution in [2.45, 2.75) is 38.9 Å². The Kier molecular flexibility index (Phi) is 5.04. The van der Waals surface area contributed by atoms with Gasteiger partial charge in [0.25, 0.3) is 0 Å². The van der Waals surface area contributed by atoms with E-state index in [1.54, 1.807) is 18.2 Å². The average molecular weight is 268 g/mol. The van der Waals surface area contributed by atoms with E-state index in [0.717, 1.165) is 6.04 Å². The van der Waals surface area contributed by atoms with Crippen LogP contribution in [0.3, 0.4) is 0 Å². The van der Waals surface area contributed by atoms with Gasteiger partial charge in [-0.1, -0.05) is 31.4 Å². The molecule has 0 aromatic heterocycles. The number of halogens is 1. The molecule has 1 aromatic carbocycles. The van der Waals surface area contributed by atoms with E-state index in [-0.39, 0.29) is 0 Å². The summed E-state index contributed by atoms with van der Waals surface area (Å²) in [4.78, 5) is 0. The molecule has 0 atom stereocenters. The zero-order chi connectivity index (χ0) is 12.9. The Hall–Kier alpha value is -0.983. The maximum atomic E-state index is 9.02. The summed E-state index contributed by atoms with van der Waals surface area (Å²) in [5.41, 5.74) is 0.562. The van der Waals surface area contributed by atoms with E-state index in [0.29, 0.717) is 16.3 Å². The van der Waals surface area contributed by atoms with Crippen molar-refractivity contribution in [1.29, 1.82) is 5.26 Å². The smallest absolute Gasteiger partial charge is 0.245 e. The summed E-state index contributed by atoms with van der Waals surface area (Å²) >= 11 is 5.93. The van der Waals surface area contributed by atoms with Crippen molar-refractivity contribution in [3.05, 3.63) is 28.8 Å². The second kappa shape index (κ2) is 6.09. The van der Waals surface area contributed by atoms with Crippen molar-refractivity contribution < 1.29 is 4.43 Å². The Morgan fingerprint density at radius 2 is 2.12 bits per heavy atom. The second-order valence-electron chi connectivity index (χ2n) is 4.72. The summed E-state index contributed by atoms with van der Waals surface area (Å²) in [6, 6.07) is 8.40. The second-order valence-corrected chi connectivity index (χ2v) is 9.38. The van der Waals surface area contributed by atoms with Gasteiger partial charge in [-0.3, -0.25) is 0 Å². The van der Waals surface area contributed by atoms with Crippen molar-refractivity contribution in [2.75, 3.05) is 0 Å². The molecule has 0 saturated heterocycles. The van der Waals surface area contributed by atoms with Crippen LogP contribution in [0.5, 0.6) is 5.75 Å². The topological polar surface area (TPSA) is 33.0 Å². The van der Waals surface area contributed by atoms with Gasteiger partial charge >= 0.3 is 0 Å². The molecule has 0 aliphatic heterocycles. The van der Waals surface area contributed by atoms with Crippen LogP contribution in [0.4, 0.5) is 0 Å². The summed E-state index contributed by atoms with van der Waals surface area (Å²) < 4.78 is 6.04. The van der Waals surface area contributed by atoms with E-state index in [4.69, 9.17) is 21.3 Å². The minimum Gasteiger partial charge on any atom is -0.543 e. The number of hydrogen-bond donors (Lipinski definition) is 0. The van der Waals surface area contributed by atoms with E-state index < -0.39 is 8.32 Å². The number of nitriles is 1. The number of unbranched alkanes of at least 4 members (excludes halogenated alkanes) is 1. The van der Waals surface area contributed by atoms with Crippen LogP contribution in [0.25, 0.3) is 0 Å². The Balaban J connectivity index is 2.87. The van der Waals surface area contributed by atoms with Gasteiger partial charge in [-0.15, -0.1) is 0 Å². The Labute approximate surface area is 109 Å². The molecule has 0 amide bonds. The highest BCUT2D eigenvalue weighted by atomic mass is 35.5. The monoisotopic (exact) mass is 267 g/mol. The van der Waals surface area contributed by atoms with Crippen molar-refractivity contribution in [2.24, 2.45) is 0 Å². The minimum absolute atomic E-state index is 0.562. The Morgan fingerprint density at radius 3 is 2.71 bits per heavy atom. The first kappa shape index (κ1) is 14.1. The fourth-order valence-corrected chi connectivity index (χ4v) is 3.86. The SMILES string of the molecule is CCCC[Si](C)(C)Oc1cc(Cl)ccc1C#N. The van der Waals surface area contributed by atoms with Crippen LogP contribution in [-0.2, 0) is 0 Å². The van der Waals surface area contributed by atoms with E-state index in [1.807, 2.05) is 0 Å². The normalized spacial score (nSPS) is 11.0. The quantitative estimate of drug-likeness (QED) is 0.731. The lowest BCUT2D eigenvalue weighted by Crippen LogP contribution is -2.34. The first-order valence-electron chi connectivity index (χ1n) is 5.87. The van der Waals surface area contributed by atoms with Gasteiger partial charge in [0.1, 0.15) is 11.8 Å². The molecule has 0 aliphatic carbocycles. The van der Waals surface area contributed by atoms with Gasteiger partial charge in [0.2, 0.25) is 8.32 Å². The summed E-state index contributed by atoms with van der Waals surface area (Å²) in [5.74, 6) is 0.632. The van der Waals surface area contributed by atoms with Crippen molar-refractivity contribution in [1.82, 2.24) is 0 Å². The number of rotatable bonds is 5. The van der Waals surface area contributed by atoms with Gasteiger partial charge in [-0.25, -0.2) is 0 Å². The van der Waals surface area contributed by atoms with E-state index in [2.05, 4.69) is 26.1 Å². The van der Waals surface area contributed by atoms with Gasteiger partial charge in [-0.2, -0.15) is 5.26 Å². The molecule has 17 heavy (non-hydrogen) atoms. The van der Waals surface area contributed by atoms with Gasteiger partial charge in [-0.05, 0) is 37.3 Å². The number of nitrogens with zero attached hydrogens (tertiary/aromatic N) is 1. The van der Waals surface area contributed by atoms with Crippen LogP contribution in [0.15, 0.2) is 18.2 Å². The Bertz CT molecular complexity index is 426. The molecule has 0 spiro atoms. The fourth-order valence-electron chi connectivity index (χ4n) is 1.62. The largest absolute Gasteiger partial charge is 0.543 e. The van der Waals surface area contributed by atoms with Crippen molar-refractivity contribution in [3.63, 3.8) is 0 Å². The third kappa shape index (κ3) is 4.41. The molecule has 0 saturated carbocycles. The lowest BCUT2D eigenvalue weighted by molar-refractivity contribution is 0.540. The van der Waals surface area contributed by atoms with Crippen LogP contribution >= 0.6 is 11.6 Å². The number of benzene rings is 1. The lowest BCUT2D eigenvalue weighted by Gasteiger charge is -2.24. The highest BCUT2D eigenvalue weighted by molar-refractivity contribution is 6.71. The van der Waals surface area contributed by atoms with Crippen LogP contribution in [0.1, 0.15) is 25.3 Å². The van der Waals surface area contributed by atoms with Crippen LogP contribution < -0.4 is 4.43 Å². The zero-order valence-electron chi connectivity index (χ0n) is 10.6. The zero-order valence-corrected chi connectivity index (χ0v) is 12.3. The van der Waals surface area contributed by atoms with Crippen LogP contribution in [0.2, 0.25) is 24.2 Å². The van der Waals surface area contributed by atoms with E-state index in [1.165, 1.54) is 12.8 Å². The third-order valence-electron chi connectivity index (χ3n) is 2.58. The average Bonchev–Trinajstić information content (AvgIpc) is 2.26. The van der Waals surface area contributed by atoms with Crippen molar-refractivity contribution >= 4 is 19.9 Å². The molecule has 0 fully saturated rings. The van der Waals surface area contributed by atoms with Gasteiger partial charge in [0.05, 0.1) is 5.56 Å².